The van der Waals surface area contributed by atoms with Crippen molar-refractivity contribution >= 4 is 16.7 Å². The topological polar surface area (TPSA) is 53.4 Å². The summed E-state index contributed by atoms with van der Waals surface area (Å²) < 4.78 is 2.26. The van der Waals surface area contributed by atoms with Gasteiger partial charge in [-0.2, -0.15) is 0 Å². The number of fused-ring (bicyclic) bond motifs is 2. The lowest BCUT2D eigenvalue weighted by atomic mass is 10.0. The Morgan fingerprint density at radius 2 is 1.90 bits per heavy atom. The largest absolute Gasteiger partial charge is 0.348 e. The van der Waals surface area contributed by atoms with Crippen LogP contribution in [0.15, 0.2) is 54.9 Å². The third-order valence-electron chi connectivity index (χ3n) is 6.87. The van der Waals surface area contributed by atoms with Gasteiger partial charge in [0.2, 0.25) is 5.91 Å². The van der Waals surface area contributed by atoms with Gasteiger partial charge in [0.1, 0.15) is 5.82 Å². The van der Waals surface area contributed by atoms with Gasteiger partial charge in [-0.1, -0.05) is 36.4 Å². The standard InChI is InChI=1S/C25H31N5O/c1-19(21-7-6-20-4-2-3-5-22(20)16-21)27-25(31)18-28-11-8-23(9-12-28)30-15-14-29-13-10-26-24(29)17-30/h2-7,10,13,16,19,23H,8-9,11-12,14-15,17-18H2,1H3,(H,27,31). The fourth-order valence-electron chi connectivity index (χ4n) is 5.00. The summed E-state index contributed by atoms with van der Waals surface area (Å²) in [6.45, 7) is 7.58. The number of aromatic nitrogens is 2. The molecule has 1 amide bonds. The van der Waals surface area contributed by atoms with Crippen molar-refractivity contribution in [1.82, 2.24) is 24.7 Å². The predicted molar refractivity (Wildman–Crippen MR) is 123 cm³/mol. The van der Waals surface area contributed by atoms with E-state index >= 15 is 0 Å². The van der Waals surface area contributed by atoms with Crippen molar-refractivity contribution in [2.75, 3.05) is 26.2 Å². The van der Waals surface area contributed by atoms with Gasteiger partial charge in [-0.25, -0.2) is 4.98 Å². The lowest BCUT2D eigenvalue weighted by Gasteiger charge is -2.40. The van der Waals surface area contributed by atoms with E-state index in [0.29, 0.717) is 12.6 Å². The molecule has 1 fully saturated rings. The molecule has 1 atom stereocenters. The molecular weight excluding hydrogens is 386 g/mol. The Morgan fingerprint density at radius 1 is 1.10 bits per heavy atom. The minimum absolute atomic E-state index is 0.00624. The molecule has 3 heterocycles. The van der Waals surface area contributed by atoms with Gasteiger partial charge in [0, 0.05) is 44.6 Å². The molecule has 0 bridgehead atoms. The molecule has 6 nitrogen and oxygen atoms in total. The molecule has 3 aromatic rings. The van der Waals surface area contributed by atoms with Crippen LogP contribution in [0.1, 0.15) is 37.2 Å². The van der Waals surface area contributed by atoms with Crippen molar-refractivity contribution in [3.8, 4) is 0 Å². The summed E-state index contributed by atoms with van der Waals surface area (Å²) >= 11 is 0. The molecule has 6 heteroatoms. The number of carbonyl (C=O) groups is 1. The van der Waals surface area contributed by atoms with Crippen molar-refractivity contribution in [2.45, 2.75) is 44.9 Å². The fraction of sp³-hybridized carbons (Fsp3) is 0.440. The molecule has 1 N–H and O–H groups in total. The van der Waals surface area contributed by atoms with E-state index in [1.54, 1.807) is 0 Å². The van der Waals surface area contributed by atoms with Gasteiger partial charge in [-0.15, -0.1) is 0 Å². The van der Waals surface area contributed by atoms with Gasteiger partial charge < -0.3 is 9.88 Å². The van der Waals surface area contributed by atoms with Crippen LogP contribution >= 0.6 is 0 Å². The molecule has 0 saturated carbocycles. The number of nitrogens with zero attached hydrogens (tertiary/aromatic N) is 4. The molecule has 31 heavy (non-hydrogen) atoms. The van der Waals surface area contributed by atoms with Gasteiger partial charge in [-0.3, -0.25) is 14.6 Å². The number of amides is 1. The molecule has 2 aliphatic heterocycles. The minimum atomic E-state index is 0.00624. The summed E-state index contributed by atoms with van der Waals surface area (Å²) in [6.07, 6.45) is 6.22. The molecule has 5 rings (SSSR count). The van der Waals surface area contributed by atoms with E-state index in [-0.39, 0.29) is 11.9 Å². The highest BCUT2D eigenvalue weighted by atomic mass is 16.2. The number of carbonyl (C=O) groups excluding carboxylic acids is 1. The van der Waals surface area contributed by atoms with Crippen LogP contribution in [0.4, 0.5) is 0 Å². The number of nitrogens with one attached hydrogen (secondary N) is 1. The summed E-state index contributed by atoms with van der Waals surface area (Å²) in [5.74, 6) is 1.29. The first-order valence-corrected chi connectivity index (χ1v) is 11.4. The van der Waals surface area contributed by atoms with Gasteiger partial charge in [0.25, 0.3) is 0 Å². The molecule has 0 radical (unpaired) electrons. The summed E-state index contributed by atoms with van der Waals surface area (Å²) in [7, 11) is 0. The Bertz CT molecular complexity index is 1050. The van der Waals surface area contributed by atoms with E-state index in [1.165, 1.54) is 16.6 Å². The average Bonchev–Trinajstić information content (AvgIpc) is 3.27. The van der Waals surface area contributed by atoms with Gasteiger partial charge in [0.15, 0.2) is 0 Å². The van der Waals surface area contributed by atoms with Crippen molar-refractivity contribution in [3.63, 3.8) is 0 Å². The Morgan fingerprint density at radius 3 is 2.74 bits per heavy atom. The zero-order chi connectivity index (χ0) is 21.2. The number of likely N-dealkylation sites (tertiary alicyclic amines) is 1. The highest BCUT2D eigenvalue weighted by molar-refractivity contribution is 5.83. The zero-order valence-electron chi connectivity index (χ0n) is 18.2. The van der Waals surface area contributed by atoms with Crippen LogP contribution in [0.5, 0.6) is 0 Å². The maximum atomic E-state index is 12.7. The smallest absolute Gasteiger partial charge is 0.234 e. The second-order valence-corrected chi connectivity index (χ2v) is 8.91. The molecule has 2 aliphatic rings. The zero-order valence-corrected chi connectivity index (χ0v) is 18.2. The molecule has 162 valence electrons. The molecular formula is C25H31N5O. The highest BCUT2D eigenvalue weighted by Crippen LogP contribution is 2.22. The Labute approximate surface area is 183 Å². The van der Waals surface area contributed by atoms with Crippen molar-refractivity contribution in [3.05, 3.63) is 66.2 Å². The predicted octanol–water partition coefficient (Wildman–Crippen LogP) is 3.19. The second-order valence-electron chi connectivity index (χ2n) is 8.91. The van der Waals surface area contributed by atoms with Gasteiger partial charge >= 0.3 is 0 Å². The lowest BCUT2D eigenvalue weighted by Crippen LogP contribution is -2.49. The van der Waals surface area contributed by atoms with E-state index in [1.807, 2.05) is 6.20 Å². The molecule has 0 aliphatic carbocycles. The Hall–Kier alpha value is -2.70. The van der Waals surface area contributed by atoms with E-state index in [0.717, 1.165) is 51.1 Å². The SMILES string of the molecule is CC(NC(=O)CN1CCC(N2CCn3ccnc3C2)CC1)c1ccc2ccccc2c1. The van der Waals surface area contributed by atoms with Crippen LogP contribution in [-0.2, 0) is 17.9 Å². The number of rotatable bonds is 5. The van der Waals surface area contributed by atoms with Crippen LogP contribution in [0.25, 0.3) is 10.8 Å². The summed E-state index contributed by atoms with van der Waals surface area (Å²) in [4.78, 5) is 22.0. The normalized spacial score (nSPS) is 19.3. The quantitative estimate of drug-likeness (QED) is 0.693. The van der Waals surface area contributed by atoms with Crippen molar-refractivity contribution in [2.24, 2.45) is 0 Å². The Kier molecular flexibility index (Phi) is 5.74. The molecule has 2 aromatic carbocycles. The third-order valence-corrected chi connectivity index (χ3v) is 6.87. The molecule has 1 unspecified atom stereocenters. The number of imidazole rings is 1. The third kappa shape index (κ3) is 4.50. The van der Waals surface area contributed by atoms with Crippen LogP contribution in [-0.4, -0.2) is 57.5 Å². The number of hydrogen-bond donors (Lipinski definition) is 1. The van der Waals surface area contributed by atoms with Crippen LogP contribution < -0.4 is 5.32 Å². The molecule has 1 aromatic heterocycles. The van der Waals surface area contributed by atoms with Crippen molar-refractivity contribution in [1.29, 1.82) is 0 Å². The van der Waals surface area contributed by atoms with E-state index in [9.17, 15) is 4.79 Å². The lowest BCUT2D eigenvalue weighted by molar-refractivity contribution is -0.123. The second kappa shape index (κ2) is 8.81. The summed E-state index contributed by atoms with van der Waals surface area (Å²) in [5.41, 5.74) is 1.15. The Balaban J connectivity index is 1.10. The first-order chi connectivity index (χ1) is 15.2. The summed E-state index contributed by atoms with van der Waals surface area (Å²) in [5, 5.41) is 5.63. The van der Waals surface area contributed by atoms with Crippen molar-refractivity contribution < 1.29 is 4.79 Å². The number of benzene rings is 2. The monoisotopic (exact) mass is 417 g/mol. The highest BCUT2D eigenvalue weighted by Gasteiger charge is 2.28. The van der Waals surface area contributed by atoms with E-state index in [4.69, 9.17) is 0 Å². The van der Waals surface area contributed by atoms with Crippen LogP contribution in [0.3, 0.4) is 0 Å². The maximum absolute atomic E-state index is 12.7. The minimum Gasteiger partial charge on any atom is -0.348 e. The first kappa shape index (κ1) is 20.2. The van der Waals surface area contributed by atoms with E-state index < -0.39 is 0 Å². The number of hydrogen-bond acceptors (Lipinski definition) is 4. The molecule has 1 saturated heterocycles. The summed E-state index contributed by atoms with van der Waals surface area (Å²) in [6, 6.07) is 15.4. The van der Waals surface area contributed by atoms with Crippen LogP contribution in [0.2, 0.25) is 0 Å². The molecule has 0 spiro atoms. The van der Waals surface area contributed by atoms with Gasteiger partial charge in [-0.05, 0) is 42.2 Å². The van der Waals surface area contributed by atoms with Gasteiger partial charge in [0.05, 0.1) is 19.1 Å². The van der Waals surface area contributed by atoms with Crippen LogP contribution in [0, 0.1) is 0 Å². The maximum Gasteiger partial charge on any atom is 0.234 e. The number of piperidine rings is 1. The fourth-order valence-corrected chi connectivity index (χ4v) is 5.00. The first-order valence-electron chi connectivity index (χ1n) is 11.4. The average molecular weight is 418 g/mol. The van der Waals surface area contributed by atoms with E-state index in [2.05, 4.69) is 80.3 Å².